The molecule has 138 valence electrons. The van der Waals surface area contributed by atoms with Crippen LogP contribution in [0, 0.1) is 0 Å². The Bertz CT molecular complexity index is 636. The van der Waals surface area contributed by atoms with Crippen molar-refractivity contribution in [1.82, 2.24) is 14.9 Å². The van der Waals surface area contributed by atoms with Crippen molar-refractivity contribution in [3.63, 3.8) is 0 Å². The number of anilines is 2. The second kappa shape index (κ2) is 7.54. The van der Waals surface area contributed by atoms with Gasteiger partial charge in [-0.05, 0) is 27.7 Å². The van der Waals surface area contributed by atoms with Crippen molar-refractivity contribution in [3.05, 3.63) is 11.8 Å². The number of esters is 1. The van der Waals surface area contributed by atoms with Gasteiger partial charge in [-0.15, -0.1) is 0 Å². The largest absolute Gasteiger partial charge is 0.462 e. The zero-order valence-electron chi connectivity index (χ0n) is 15.1. The number of hydrogen-bond acceptors (Lipinski definition) is 8. The number of carbonyl (C=O) groups excluding carboxylic acids is 2. The van der Waals surface area contributed by atoms with Crippen molar-refractivity contribution in [2.75, 3.05) is 43.4 Å². The molecule has 1 aromatic heterocycles. The smallest absolute Gasteiger partial charge is 0.410 e. The van der Waals surface area contributed by atoms with Crippen molar-refractivity contribution >= 4 is 23.8 Å². The van der Waals surface area contributed by atoms with E-state index >= 15 is 0 Å². The molecule has 1 amide bonds. The Hall–Kier alpha value is -2.58. The van der Waals surface area contributed by atoms with Crippen molar-refractivity contribution in [2.24, 2.45) is 0 Å². The number of aromatic nitrogens is 2. The summed E-state index contributed by atoms with van der Waals surface area (Å²) in [4.78, 5) is 35.7. The summed E-state index contributed by atoms with van der Waals surface area (Å²) in [5, 5.41) is 0. The van der Waals surface area contributed by atoms with Crippen molar-refractivity contribution in [1.29, 1.82) is 0 Å². The van der Waals surface area contributed by atoms with Gasteiger partial charge in [0.1, 0.15) is 17.0 Å². The summed E-state index contributed by atoms with van der Waals surface area (Å²) in [5.41, 5.74) is 5.47. The maximum atomic E-state index is 12.1. The van der Waals surface area contributed by atoms with E-state index in [0.717, 1.165) is 0 Å². The number of piperazine rings is 1. The van der Waals surface area contributed by atoms with Crippen molar-refractivity contribution in [2.45, 2.75) is 33.3 Å². The first kappa shape index (κ1) is 18.8. The molecule has 2 N–H and O–H groups in total. The predicted molar refractivity (Wildman–Crippen MR) is 92.4 cm³/mol. The Balaban J connectivity index is 1.98. The Morgan fingerprint density at radius 3 is 2.40 bits per heavy atom. The van der Waals surface area contributed by atoms with Crippen LogP contribution in [0.15, 0.2) is 6.20 Å². The third-order valence-corrected chi connectivity index (χ3v) is 3.52. The SMILES string of the molecule is CCOC(=O)c1cnc(N2CCN(C(=O)OC(C)(C)C)CC2)nc1N. The average molecular weight is 351 g/mol. The predicted octanol–water partition coefficient (Wildman–Crippen LogP) is 1.29. The number of amides is 1. The van der Waals surface area contributed by atoms with Crippen LogP contribution in [0.2, 0.25) is 0 Å². The molecule has 0 aliphatic carbocycles. The van der Waals surface area contributed by atoms with Crippen LogP contribution >= 0.6 is 0 Å². The summed E-state index contributed by atoms with van der Waals surface area (Å²) in [6.45, 7) is 9.58. The highest BCUT2D eigenvalue weighted by molar-refractivity contribution is 5.93. The summed E-state index contributed by atoms with van der Waals surface area (Å²) < 4.78 is 10.3. The first-order valence-electron chi connectivity index (χ1n) is 8.23. The molecule has 2 heterocycles. The minimum absolute atomic E-state index is 0.0815. The third-order valence-electron chi connectivity index (χ3n) is 3.52. The van der Waals surface area contributed by atoms with E-state index < -0.39 is 11.6 Å². The topological polar surface area (TPSA) is 111 Å². The Labute approximate surface area is 147 Å². The first-order valence-corrected chi connectivity index (χ1v) is 8.23. The van der Waals surface area contributed by atoms with Crippen molar-refractivity contribution in [3.8, 4) is 0 Å². The van der Waals surface area contributed by atoms with E-state index in [4.69, 9.17) is 15.2 Å². The van der Waals surface area contributed by atoms with Crippen LogP contribution < -0.4 is 10.6 Å². The molecule has 1 aromatic rings. The van der Waals surface area contributed by atoms with E-state index in [2.05, 4.69) is 9.97 Å². The summed E-state index contributed by atoms with van der Waals surface area (Å²) in [6, 6.07) is 0. The Morgan fingerprint density at radius 2 is 1.88 bits per heavy atom. The van der Waals surface area contributed by atoms with Gasteiger partial charge in [-0.3, -0.25) is 0 Å². The summed E-state index contributed by atoms with van der Waals surface area (Å²) in [5.74, 6) is -0.0336. The highest BCUT2D eigenvalue weighted by Crippen LogP contribution is 2.17. The maximum Gasteiger partial charge on any atom is 0.410 e. The van der Waals surface area contributed by atoms with Crippen LogP contribution in [0.25, 0.3) is 0 Å². The molecule has 9 heteroatoms. The van der Waals surface area contributed by atoms with Crippen molar-refractivity contribution < 1.29 is 19.1 Å². The lowest BCUT2D eigenvalue weighted by atomic mass is 10.2. The van der Waals surface area contributed by atoms with E-state index in [1.165, 1.54) is 6.20 Å². The lowest BCUT2D eigenvalue weighted by Crippen LogP contribution is -2.50. The number of rotatable bonds is 3. The Kier molecular flexibility index (Phi) is 5.66. The summed E-state index contributed by atoms with van der Waals surface area (Å²) in [7, 11) is 0. The molecule has 1 aliphatic rings. The average Bonchev–Trinajstić information content (AvgIpc) is 2.53. The fourth-order valence-electron chi connectivity index (χ4n) is 2.32. The number of carbonyl (C=O) groups is 2. The van der Waals surface area contributed by atoms with Gasteiger partial charge in [0.15, 0.2) is 0 Å². The van der Waals surface area contributed by atoms with Gasteiger partial charge in [0.2, 0.25) is 5.95 Å². The standard InChI is InChI=1S/C16H25N5O4/c1-5-24-13(22)11-10-18-14(19-12(11)17)20-6-8-21(9-7-20)15(23)25-16(2,3)4/h10H,5-9H2,1-4H3,(H2,17,18,19). The minimum Gasteiger partial charge on any atom is -0.462 e. The van der Waals surface area contributed by atoms with Gasteiger partial charge in [-0.1, -0.05) is 0 Å². The quantitative estimate of drug-likeness (QED) is 0.811. The first-order chi connectivity index (χ1) is 11.7. The molecule has 2 rings (SSSR count). The Morgan fingerprint density at radius 1 is 1.24 bits per heavy atom. The fraction of sp³-hybridized carbons (Fsp3) is 0.625. The van der Waals surface area contributed by atoms with Gasteiger partial charge >= 0.3 is 12.1 Å². The zero-order valence-corrected chi connectivity index (χ0v) is 15.1. The monoisotopic (exact) mass is 351 g/mol. The molecule has 0 aromatic carbocycles. The van der Waals surface area contributed by atoms with Crippen LogP contribution in [0.5, 0.6) is 0 Å². The molecule has 1 aliphatic heterocycles. The second-order valence-corrected chi connectivity index (χ2v) is 6.64. The third kappa shape index (κ3) is 4.94. The minimum atomic E-state index is -0.540. The van der Waals surface area contributed by atoms with E-state index in [0.29, 0.717) is 32.1 Å². The van der Waals surface area contributed by atoms with E-state index in [9.17, 15) is 9.59 Å². The number of nitrogen functional groups attached to an aromatic ring is 1. The molecular weight excluding hydrogens is 326 g/mol. The lowest BCUT2D eigenvalue weighted by molar-refractivity contribution is 0.0239. The number of ether oxygens (including phenoxy) is 2. The molecule has 1 saturated heterocycles. The van der Waals surface area contributed by atoms with Crippen LogP contribution in [0.3, 0.4) is 0 Å². The molecule has 0 saturated carbocycles. The fourth-order valence-corrected chi connectivity index (χ4v) is 2.32. The van der Waals surface area contributed by atoms with Crippen LogP contribution in [0.1, 0.15) is 38.1 Å². The molecule has 1 fully saturated rings. The molecule has 0 unspecified atom stereocenters. The van der Waals surface area contributed by atoms with Crippen LogP contribution in [-0.4, -0.2) is 65.3 Å². The van der Waals surface area contributed by atoms with E-state index in [1.54, 1.807) is 11.8 Å². The van der Waals surface area contributed by atoms with Gasteiger partial charge < -0.3 is 25.0 Å². The van der Waals surface area contributed by atoms with Gasteiger partial charge in [0, 0.05) is 32.4 Å². The van der Waals surface area contributed by atoms with Gasteiger partial charge in [-0.25, -0.2) is 14.6 Å². The van der Waals surface area contributed by atoms with Gasteiger partial charge in [0.25, 0.3) is 0 Å². The van der Waals surface area contributed by atoms with Gasteiger partial charge in [0.05, 0.1) is 6.61 Å². The van der Waals surface area contributed by atoms with Crippen LogP contribution in [-0.2, 0) is 9.47 Å². The molecule has 25 heavy (non-hydrogen) atoms. The number of nitrogens with two attached hydrogens (primary N) is 1. The van der Waals surface area contributed by atoms with Crippen LogP contribution in [0.4, 0.5) is 16.6 Å². The lowest BCUT2D eigenvalue weighted by Gasteiger charge is -2.35. The van der Waals surface area contributed by atoms with E-state index in [-0.39, 0.29) is 24.1 Å². The number of hydrogen-bond donors (Lipinski definition) is 1. The van der Waals surface area contributed by atoms with Gasteiger partial charge in [-0.2, -0.15) is 4.98 Å². The molecule has 9 nitrogen and oxygen atoms in total. The molecule has 0 bridgehead atoms. The summed E-state index contributed by atoms with van der Waals surface area (Å²) in [6.07, 6.45) is 1.04. The van der Waals surface area contributed by atoms with E-state index in [1.807, 2.05) is 25.7 Å². The molecule has 0 atom stereocenters. The molecule has 0 spiro atoms. The molecule has 0 radical (unpaired) electrons. The maximum absolute atomic E-state index is 12.1. The second-order valence-electron chi connectivity index (χ2n) is 6.64. The summed E-state index contributed by atoms with van der Waals surface area (Å²) >= 11 is 0. The molecular formula is C16H25N5O4. The number of nitrogens with zero attached hydrogens (tertiary/aromatic N) is 4. The normalized spacial score (nSPS) is 15.0. The highest BCUT2D eigenvalue weighted by atomic mass is 16.6. The highest BCUT2D eigenvalue weighted by Gasteiger charge is 2.27. The zero-order chi connectivity index (χ0) is 18.6.